The Morgan fingerprint density at radius 3 is 2.48 bits per heavy atom. The third-order valence-corrected chi connectivity index (χ3v) is 4.53. The van der Waals surface area contributed by atoms with E-state index in [1.165, 1.54) is 10.9 Å². The molecule has 126 valence electrons. The number of nitriles is 1. The van der Waals surface area contributed by atoms with Crippen molar-refractivity contribution in [2.24, 2.45) is 5.41 Å². The van der Waals surface area contributed by atoms with Crippen LogP contribution in [-0.4, -0.2) is 28.0 Å². The maximum atomic E-state index is 14.2. The minimum absolute atomic E-state index is 0.0210. The van der Waals surface area contributed by atoms with Gasteiger partial charge in [0.05, 0.1) is 23.4 Å². The smallest absolute Gasteiger partial charge is 0.194 e. The van der Waals surface area contributed by atoms with Crippen LogP contribution in [0.25, 0.3) is 16.6 Å². The molecule has 1 aliphatic rings. The second-order valence-electron chi connectivity index (χ2n) is 6.56. The highest BCUT2D eigenvalue weighted by molar-refractivity contribution is 5.82. The highest BCUT2D eigenvalue weighted by atomic mass is 19.1. The molecule has 1 aliphatic heterocycles. The molecule has 7 heteroatoms. The Bertz CT molecular complexity index is 1010. The zero-order valence-corrected chi connectivity index (χ0v) is 13.4. The fourth-order valence-corrected chi connectivity index (χ4v) is 3.16. The molecule has 1 N–H and O–H groups in total. The fourth-order valence-electron chi connectivity index (χ4n) is 3.16. The Morgan fingerprint density at radius 1 is 1.20 bits per heavy atom. The molecule has 1 aromatic heterocycles. The molecule has 0 bridgehead atoms. The van der Waals surface area contributed by atoms with Crippen molar-refractivity contribution in [3.8, 4) is 17.5 Å². The van der Waals surface area contributed by atoms with E-state index >= 15 is 0 Å². The molecule has 25 heavy (non-hydrogen) atoms. The monoisotopic (exact) mass is 340 g/mol. The summed E-state index contributed by atoms with van der Waals surface area (Å²) >= 11 is 0. The van der Waals surface area contributed by atoms with E-state index in [9.17, 15) is 13.9 Å². The number of phenols is 1. The SMILES string of the molecule is CC1(C#N)CN(c2ccc(-n3ncc4cc(F)c(O)c(F)c43)cc2)C1. The van der Waals surface area contributed by atoms with Crippen molar-refractivity contribution < 1.29 is 13.9 Å². The minimum Gasteiger partial charge on any atom is -0.503 e. The van der Waals surface area contributed by atoms with Gasteiger partial charge in [-0.2, -0.15) is 10.4 Å². The molecule has 0 saturated carbocycles. The van der Waals surface area contributed by atoms with E-state index in [0.29, 0.717) is 18.8 Å². The first-order chi connectivity index (χ1) is 11.9. The molecule has 2 aromatic carbocycles. The Kier molecular flexibility index (Phi) is 3.19. The zero-order chi connectivity index (χ0) is 17.8. The van der Waals surface area contributed by atoms with Gasteiger partial charge in [0.2, 0.25) is 0 Å². The normalized spacial score (nSPS) is 15.8. The van der Waals surface area contributed by atoms with E-state index in [1.54, 1.807) is 12.1 Å². The van der Waals surface area contributed by atoms with Crippen molar-refractivity contribution in [2.45, 2.75) is 6.92 Å². The Balaban J connectivity index is 1.69. The lowest BCUT2D eigenvalue weighted by Crippen LogP contribution is -2.54. The summed E-state index contributed by atoms with van der Waals surface area (Å²) in [5, 5.41) is 22.9. The van der Waals surface area contributed by atoms with Crippen molar-refractivity contribution in [1.82, 2.24) is 9.78 Å². The largest absolute Gasteiger partial charge is 0.503 e. The number of benzene rings is 2. The molecule has 1 fully saturated rings. The first kappa shape index (κ1) is 15.4. The molecule has 0 atom stereocenters. The van der Waals surface area contributed by atoms with Crippen molar-refractivity contribution in [3.05, 3.63) is 48.2 Å². The highest BCUT2D eigenvalue weighted by Crippen LogP contribution is 2.34. The molecule has 2 heterocycles. The Hall–Kier alpha value is -3.14. The number of aromatic hydroxyl groups is 1. The number of anilines is 1. The molecular weight excluding hydrogens is 326 g/mol. The van der Waals surface area contributed by atoms with Gasteiger partial charge in [-0.3, -0.25) is 0 Å². The molecule has 0 unspecified atom stereocenters. The quantitative estimate of drug-likeness (QED) is 0.777. The van der Waals surface area contributed by atoms with E-state index in [1.807, 2.05) is 19.1 Å². The van der Waals surface area contributed by atoms with Gasteiger partial charge in [0, 0.05) is 24.2 Å². The van der Waals surface area contributed by atoms with Crippen LogP contribution in [0.15, 0.2) is 36.5 Å². The van der Waals surface area contributed by atoms with Crippen molar-refractivity contribution in [2.75, 3.05) is 18.0 Å². The number of fused-ring (bicyclic) bond motifs is 1. The summed E-state index contributed by atoms with van der Waals surface area (Å²) < 4.78 is 29.0. The molecular formula is C18H14F2N4O. The first-order valence-corrected chi connectivity index (χ1v) is 7.73. The lowest BCUT2D eigenvalue weighted by Gasteiger charge is -2.45. The number of hydrogen-bond donors (Lipinski definition) is 1. The number of rotatable bonds is 2. The van der Waals surface area contributed by atoms with E-state index in [0.717, 1.165) is 11.8 Å². The third-order valence-electron chi connectivity index (χ3n) is 4.53. The summed E-state index contributed by atoms with van der Waals surface area (Å²) in [4.78, 5) is 2.08. The van der Waals surface area contributed by atoms with Gasteiger partial charge in [-0.1, -0.05) is 0 Å². The van der Waals surface area contributed by atoms with Crippen molar-refractivity contribution in [1.29, 1.82) is 5.26 Å². The van der Waals surface area contributed by atoms with Crippen LogP contribution in [0.3, 0.4) is 0 Å². The Labute approximate surface area is 142 Å². The van der Waals surface area contributed by atoms with Gasteiger partial charge >= 0.3 is 0 Å². The minimum atomic E-state index is -1.04. The number of nitrogens with zero attached hydrogens (tertiary/aromatic N) is 4. The molecule has 0 radical (unpaired) electrons. The summed E-state index contributed by atoms with van der Waals surface area (Å²) in [5.74, 6) is -3.07. The second-order valence-corrected chi connectivity index (χ2v) is 6.56. The Morgan fingerprint density at radius 2 is 1.84 bits per heavy atom. The van der Waals surface area contributed by atoms with Crippen LogP contribution in [0.1, 0.15) is 6.92 Å². The lowest BCUT2D eigenvalue weighted by atomic mass is 9.83. The molecule has 4 rings (SSSR count). The molecule has 1 saturated heterocycles. The summed E-state index contributed by atoms with van der Waals surface area (Å²) in [5.41, 5.74) is 1.25. The predicted molar refractivity (Wildman–Crippen MR) is 88.6 cm³/mol. The van der Waals surface area contributed by atoms with Crippen LogP contribution in [0.2, 0.25) is 0 Å². The highest BCUT2D eigenvalue weighted by Gasteiger charge is 2.38. The second kappa shape index (κ2) is 5.18. The zero-order valence-electron chi connectivity index (χ0n) is 13.4. The number of phenolic OH excluding ortho intramolecular Hbond substituents is 1. The fraction of sp³-hybridized carbons (Fsp3) is 0.222. The molecule has 0 amide bonds. The van der Waals surface area contributed by atoms with Crippen LogP contribution in [-0.2, 0) is 0 Å². The van der Waals surface area contributed by atoms with Crippen LogP contribution < -0.4 is 4.90 Å². The third kappa shape index (κ3) is 2.30. The van der Waals surface area contributed by atoms with Gasteiger partial charge in [0.1, 0.15) is 5.52 Å². The maximum Gasteiger partial charge on any atom is 0.194 e. The summed E-state index contributed by atoms with van der Waals surface area (Å²) in [6.45, 7) is 3.24. The van der Waals surface area contributed by atoms with E-state index < -0.39 is 17.4 Å². The first-order valence-electron chi connectivity index (χ1n) is 7.73. The average molecular weight is 340 g/mol. The molecule has 5 nitrogen and oxygen atoms in total. The molecule has 0 aliphatic carbocycles. The number of halogens is 2. The maximum absolute atomic E-state index is 14.2. The van der Waals surface area contributed by atoms with E-state index in [-0.39, 0.29) is 16.3 Å². The van der Waals surface area contributed by atoms with Gasteiger partial charge in [-0.25, -0.2) is 13.5 Å². The van der Waals surface area contributed by atoms with Crippen LogP contribution in [0.4, 0.5) is 14.5 Å². The predicted octanol–water partition coefficient (Wildman–Crippen LogP) is 3.36. The summed E-state index contributed by atoms with van der Waals surface area (Å²) in [6, 6.07) is 10.6. The van der Waals surface area contributed by atoms with Gasteiger partial charge in [-0.15, -0.1) is 0 Å². The van der Waals surface area contributed by atoms with Gasteiger partial charge in [0.25, 0.3) is 0 Å². The van der Waals surface area contributed by atoms with E-state index in [4.69, 9.17) is 5.26 Å². The van der Waals surface area contributed by atoms with Gasteiger partial charge < -0.3 is 10.0 Å². The summed E-state index contributed by atoms with van der Waals surface area (Å²) in [6.07, 6.45) is 1.35. The van der Waals surface area contributed by atoms with Gasteiger partial charge in [-0.05, 0) is 37.3 Å². The van der Waals surface area contributed by atoms with Crippen molar-refractivity contribution in [3.63, 3.8) is 0 Å². The lowest BCUT2D eigenvalue weighted by molar-refractivity contribution is 0.337. The van der Waals surface area contributed by atoms with Crippen LogP contribution in [0, 0.1) is 28.4 Å². The van der Waals surface area contributed by atoms with Crippen LogP contribution >= 0.6 is 0 Å². The summed E-state index contributed by atoms with van der Waals surface area (Å²) in [7, 11) is 0. The van der Waals surface area contributed by atoms with E-state index in [2.05, 4.69) is 16.1 Å². The van der Waals surface area contributed by atoms with Gasteiger partial charge in [0.15, 0.2) is 17.4 Å². The molecule has 3 aromatic rings. The number of aromatic nitrogens is 2. The standard InChI is InChI=1S/C18H14F2N4O/c1-18(8-21)9-23(10-18)12-2-4-13(5-3-12)24-16-11(7-22-24)6-14(19)17(25)15(16)20/h2-7,25H,9-10H2,1H3. The van der Waals surface area contributed by atoms with Crippen LogP contribution in [0.5, 0.6) is 5.75 Å². The van der Waals surface area contributed by atoms with Crippen molar-refractivity contribution >= 4 is 16.6 Å². The topological polar surface area (TPSA) is 65.1 Å². The number of hydrogen-bond acceptors (Lipinski definition) is 4. The molecule has 0 spiro atoms. The average Bonchev–Trinajstić information content (AvgIpc) is 3.01.